The first-order valence-corrected chi connectivity index (χ1v) is 9.52. The summed E-state index contributed by atoms with van der Waals surface area (Å²) in [7, 11) is 0. The highest BCUT2D eigenvalue weighted by Gasteiger charge is 2.43. The Morgan fingerprint density at radius 1 is 1.21 bits per heavy atom. The second kappa shape index (κ2) is 7.28. The molecule has 150 valence electrons. The maximum atomic E-state index is 15.0. The highest BCUT2D eigenvalue weighted by Crippen LogP contribution is 2.48. The van der Waals surface area contributed by atoms with Crippen LogP contribution in [0.2, 0.25) is 5.02 Å². The number of hydrogen-bond donors (Lipinski definition) is 2. The largest absolute Gasteiger partial charge is 0.481 e. The first-order valence-electron chi connectivity index (χ1n) is 9.14. The van der Waals surface area contributed by atoms with Gasteiger partial charge in [-0.2, -0.15) is 0 Å². The van der Waals surface area contributed by atoms with Crippen molar-refractivity contribution >= 4 is 23.1 Å². The van der Waals surface area contributed by atoms with Gasteiger partial charge in [0.1, 0.15) is 5.75 Å². The van der Waals surface area contributed by atoms with E-state index in [1.54, 1.807) is 6.07 Å². The Balaban J connectivity index is 1.92. The molecular weight excluding hydrogens is 398 g/mol. The lowest BCUT2D eigenvalue weighted by Crippen LogP contribution is -2.39. The van der Waals surface area contributed by atoms with Gasteiger partial charge in [0.2, 0.25) is 5.91 Å². The number of alkyl halides is 2. The van der Waals surface area contributed by atoms with Gasteiger partial charge in [0.15, 0.2) is 17.9 Å². The molecule has 4 N–H and O–H groups in total. The monoisotopic (exact) mass is 416 g/mol. The topological polar surface area (TPSA) is 78.3 Å². The second-order valence-electron chi connectivity index (χ2n) is 7.14. The molecule has 0 bridgehead atoms. The maximum absolute atomic E-state index is 15.0. The van der Waals surface area contributed by atoms with Crippen LogP contribution in [0.5, 0.6) is 5.75 Å². The molecule has 7 heteroatoms. The molecule has 0 saturated carbocycles. The van der Waals surface area contributed by atoms with Gasteiger partial charge in [0.05, 0.1) is 0 Å². The number of benzene rings is 2. The molecule has 4 nitrogen and oxygen atoms in total. The van der Waals surface area contributed by atoms with Crippen LogP contribution in [0.25, 0.3) is 5.57 Å². The number of amides is 1. The minimum atomic E-state index is -2.07. The summed E-state index contributed by atoms with van der Waals surface area (Å²) in [5.41, 5.74) is 12.1. The summed E-state index contributed by atoms with van der Waals surface area (Å²) < 4.78 is 35.4. The lowest BCUT2D eigenvalue weighted by molar-refractivity contribution is -0.114. The quantitative estimate of drug-likeness (QED) is 0.799. The van der Waals surface area contributed by atoms with Crippen molar-refractivity contribution in [1.29, 1.82) is 0 Å². The normalized spacial score (nSPS) is 25.7. The van der Waals surface area contributed by atoms with E-state index in [1.165, 1.54) is 12.1 Å². The third-order valence-electron chi connectivity index (χ3n) is 5.44. The predicted octanol–water partition coefficient (Wildman–Crippen LogP) is 3.61. The molecule has 1 heterocycles. The van der Waals surface area contributed by atoms with E-state index >= 15 is 0 Å². The number of nitrogens with two attached hydrogens (primary N) is 2. The fourth-order valence-corrected chi connectivity index (χ4v) is 4.28. The molecule has 29 heavy (non-hydrogen) atoms. The zero-order valence-electron chi connectivity index (χ0n) is 15.4. The van der Waals surface area contributed by atoms with Crippen LogP contribution in [0.15, 0.2) is 60.2 Å². The lowest BCUT2D eigenvalue weighted by Gasteiger charge is -2.28. The smallest absolute Gasteiger partial charge is 0.249 e. The fraction of sp³-hybridized carbons (Fsp3) is 0.227. The van der Waals surface area contributed by atoms with E-state index in [1.807, 2.05) is 30.3 Å². The number of primary amides is 1. The van der Waals surface area contributed by atoms with E-state index in [-0.39, 0.29) is 28.3 Å². The highest BCUT2D eigenvalue weighted by atomic mass is 35.5. The van der Waals surface area contributed by atoms with E-state index in [9.17, 15) is 13.6 Å². The van der Waals surface area contributed by atoms with Crippen molar-refractivity contribution in [3.05, 3.63) is 81.9 Å². The third kappa shape index (κ3) is 3.12. The molecule has 2 aromatic carbocycles. The van der Waals surface area contributed by atoms with Crippen molar-refractivity contribution in [1.82, 2.24) is 0 Å². The number of rotatable bonds is 4. The van der Waals surface area contributed by atoms with Crippen molar-refractivity contribution < 1.29 is 18.3 Å². The summed E-state index contributed by atoms with van der Waals surface area (Å²) in [6.45, 7) is 0.162. The van der Waals surface area contributed by atoms with Crippen LogP contribution >= 0.6 is 11.6 Å². The van der Waals surface area contributed by atoms with E-state index < -0.39 is 23.9 Å². The van der Waals surface area contributed by atoms with Crippen LogP contribution in [0.1, 0.15) is 16.7 Å². The average Bonchev–Trinajstić information content (AvgIpc) is 3.11. The second-order valence-corrected chi connectivity index (χ2v) is 7.55. The van der Waals surface area contributed by atoms with Gasteiger partial charge >= 0.3 is 0 Å². The predicted molar refractivity (Wildman–Crippen MR) is 108 cm³/mol. The van der Waals surface area contributed by atoms with E-state index in [0.29, 0.717) is 17.7 Å². The zero-order chi connectivity index (χ0) is 20.8. The Labute approximate surface area is 171 Å². The molecule has 4 rings (SSSR count). The van der Waals surface area contributed by atoms with Crippen LogP contribution in [0, 0.1) is 0 Å². The number of hydrogen-bond acceptors (Lipinski definition) is 3. The van der Waals surface area contributed by atoms with Crippen molar-refractivity contribution in [2.75, 3.05) is 6.54 Å². The highest BCUT2D eigenvalue weighted by molar-refractivity contribution is 6.33. The Bertz CT molecular complexity index is 1040. The molecule has 1 aliphatic heterocycles. The van der Waals surface area contributed by atoms with Crippen molar-refractivity contribution in [3.8, 4) is 5.75 Å². The molecule has 3 atom stereocenters. The average molecular weight is 417 g/mol. The molecule has 0 saturated heterocycles. The van der Waals surface area contributed by atoms with Crippen LogP contribution in [-0.4, -0.2) is 24.8 Å². The van der Waals surface area contributed by atoms with Gasteiger partial charge < -0.3 is 16.2 Å². The van der Waals surface area contributed by atoms with Crippen molar-refractivity contribution in [3.63, 3.8) is 0 Å². The van der Waals surface area contributed by atoms with E-state index in [4.69, 9.17) is 27.8 Å². The lowest BCUT2D eigenvalue weighted by atomic mass is 9.82. The molecule has 2 unspecified atom stereocenters. The summed E-state index contributed by atoms with van der Waals surface area (Å²) in [5, 5.41) is 0.187. The molecule has 0 spiro atoms. The van der Waals surface area contributed by atoms with Crippen LogP contribution in [-0.2, 0) is 16.8 Å². The van der Waals surface area contributed by atoms with Crippen LogP contribution in [0.4, 0.5) is 8.78 Å². The summed E-state index contributed by atoms with van der Waals surface area (Å²) in [5.74, 6) is -0.390. The summed E-state index contributed by atoms with van der Waals surface area (Å²) in [6.07, 6.45) is -1.50. The third-order valence-corrected chi connectivity index (χ3v) is 5.76. The number of halogens is 3. The van der Waals surface area contributed by atoms with Gasteiger partial charge in [0, 0.05) is 40.3 Å². The number of carbonyl (C=O) groups is 1. The number of carbonyl (C=O) groups excluding carboxylic acids is 1. The maximum Gasteiger partial charge on any atom is 0.249 e. The molecular formula is C22H19ClF2N2O2. The van der Waals surface area contributed by atoms with E-state index in [2.05, 4.69) is 0 Å². The fourth-order valence-electron chi connectivity index (χ4n) is 4.00. The van der Waals surface area contributed by atoms with Gasteiger partial charge in [-0.3, -0.25) is 4.79 Å². The van der Waals surface area contributed by atoms with Crippen LogP contribution < -0.4 is 16.2 Å². The first kappa shape index (κ1) is 19.6. The summed E-state index contributed by atoms with van der Waals surface area (Å²) in [6, 6.07) is 12.6. The molecule has 2 aromatic rings. The Morgan fingerprint density at radius 3 is 2.59 bits per heavy atom. The standard InChI is InChI=1S/C22H19ClF2N2O2/c23-15-7-9-17-14(10-22(11-26,29-17)12-4-2-1-3-5-12)18(15)19-13(21(27)28)6-8-16(24)20(19)25/h1-9,16,20H,10-11,26H2,(H2,27,28)/t16?,20?,22-/m1/s1. The number of fused-ring (bicyclic) bond motifs is 1. The van der Waals surface area contributed by atoms with Crippen molar-refractivity contribution in [2.24, 2.45) is 11.5 Å². The zero-order valence-corrected chi connectivity index (χ0v) is 16.1. The van der Waals surface area contributed by atoms with Crippen LogP contribution in [0.3, 0.4) is 0 Å². The minimum Gasteiger partial charge on any atom is -0.481 e. The van der Waals surface area contributed by atoms with Gasteiger partial charge in [0.25, 0.3) is 0 Å². The molecule has 0 aromatic heterocycles. The number of ether oxygens (including phenoxy) is 1. The van der Waals surface area contributed by atoms with Crippen molar-refractivity contribution in [2.45, 2.75) is 24.4 Å². The Morgan fingerprint density at radius 2 is 1.93 bits per heavy atom. The summed E-state index contributed by atoms with van der Waals surface area (Å²) in [4.78, 5) is 11.9. The molecule has 2 aliphatic rings. The molecule has 1 amide bonds. The van der Waals surface area contributed by atoms with Gasteiger partial charge in [-0.25, -0.2) is 8.78 Å². The molecule has 0 radical (unpaired) electrons. The first-order chi connectivity index (χ1) is 13.9. The minimum absolute atomic E-state index is 0.105. The molecule has 0 fully saturated rings. The van der Waals surface area contributed by atoms with Gasteiger partial charge in [-0.15, -0.1) is 0 Å². The van der Waals surface area contributed by atoms with E-state index in [0.717, 1.165) is 11.6 Å². The van der Waals surface area contributed by atoms with Gasteiger partial charge in [-0.1, -0.05) is 48.0 Å². The molecule has 1 aliphatic carbocycles. The Hall–Kier alpha value is -2.70. The Kier molecular flexibility index (Phi) is 4.92. The SMILES string of the molecule is NC[C@@]1(c2ccccc2)Cc2c(ccc(Cl)c2C2=C(C(N)=O)C=CC(F)C2F)O1. The van der Waals surface area contributed by atoms with Gasteiger partial charge in [-0.05, 0) is 23.8 Å². The summed E-state index contributed by atoms with van der Waals surface area (Å²) >= 11 is 6.42. The number of allylic oxidation sites excluding steroid dienone is 2.